The van der Waals surface area contributed by atoms with Crippen molar-refractivity contribution in [3.63, 3.8) is 0 Å². The molecule has 0 bridgehead atoms. The van der Waals surface area contributed by atoms with Crippen molar-refractivity contribution in [3.05, 3.63) is 23.8 Å². The minimum atomic E-state index is -5.95. The molecule has 1 aromatic carbocycles. The van der Waals surface area contributed by atoms with Crippen LogP contribution < -0.4 is 4.90 Å². The molecule has 1 saturated carbocycles. The minimum Gasteiger partial charge on any atom is -0.369 e. The van der Waals surface area contributed by atoms with Gasteiger partial charge in [-0.25, -0.2) is 0 Å². The Labute approximate surface area is 187 Å². The van der Waals surface area contributed by atoms with E-state index in [-0.39, 0.29) is 16.1 Å². The second kappa shape index (κ2) is 9.44. The number of thioether (sulfide) groups is 1. The highest BCUT2D eigenvalue weighted by molar-refractivity contribution is 8.00. The molecule has 1 heterocycles. The fraction of sp³-hybridized carbons (Fsp3) is 0.682. The van der Waals surface area contributed by atoms with Gasteiger partial charge in [-0.15, -0.1) is 11.8 Å². The van der Waals surface area contributed by atoms with Crippen LogP contribution in [0, 0.1) is 5.92 Å². The predicted octanol–water partition coefficient (Wildman–Crippen LogP) is 6.58. The van der Waals surface area contributed by atoms with E-state index in [1.165, 1.54) is 11.3 Å². The Morgan fingerprint density at radius 3 is 2.28 bits per heavy atom. The highest BCUT2D eigenvalue weighted by Crippen LogP contribution is 2.52. The largest absolute Gasteiger partial charge is 0.430 e. The first-order valence-corrected chi connectivity index (χ1v) is 11.7. The molecule has 3 rings (SSSR count). The number of halogens is 6. The first kappa shape index (κ1) is 25.2. The summed E-state index contributed by atoms with van der Waals surface area (Å²) in [6.45, 7) is 2.19. The number of alkyl halides is 6. The van der Waals surface area contributed by atoms with Gasteiger partial charge < -0.3 is 10.0 Å². The smallest absolute Gasteiger partial charge is 0.369 e. The number of carbonyl (C=O) groups excluding carboxylic acids is 1. The van der Waals surface area contributed by atoms with Crippen molar-refractivity contribution in [2.45, 2.75) is 86.4 Å². The van der Waals surface area contributed by atoms with E-state index < -0.39 is 23.5 Å². The van der Waals surface area contributed by atoms with Gasteiger partial charge in [-0.05, 0) is 30.9 Å². The van der Waals surface area contributed by atoms with Crippen LogP contribution in [0.25, 0.3) is 0 Å². The zero-order valence-electron chi connectivity index (χ0n) is 17.7. The van der Waals surface area contributed by atoms with Gasteiger partial charge in [0.1, 0.15) is 0 Å². The van der Waals surface area contributed by atoms with Gasteiger partial charge >= 0.3 is 12.4 Å². The summed E-state index contributed by atoms with van der Waals surface area (Å²) >= 11 is 1.14. The number of hydrogen-bond acceptors (Lipinski definition) is 3. The number of benzene rings is 1. The third-order valence-corrected chi connectivity index (χ3v) is 7.81. The number of aliphatic hydroxyl groups is 1. The molecular weight excluding hydrogens is 456 g/mol. The molecule has 1 aromatic rings. The van der Waals surface area contributed by atoms with Crippen LogP contribution in [0.5, 0.6) is 0 Å². The summed E-state index contributed by atoms with van der Waals surface area (Å²) in [6, 6.07) is 2.43. The third-order valence-electron chi connectivity index (χ3n) is 6.42. The quantitative estimate of drug-likeness (QED) is 0.481. The summed E-state index contributed by atoms with van der Waals surface area (Å²) in [5, 5.41) is 9.58. The van der Waals surface area contributed by atoms with Gasteiger partial charge in [0.05, 0.1) is 5.69 Å². The maximum Gasteiger partial charge on any atom is 0.430 e. The van der Waals surface area contributed by atoms with Gasteiger partial charge in [-0.3, -0.25) is 4.79 Å². The van der Waals surface area contributed by atoms with Crippen molar-refractivity contribution in [2.75, 3.05) is 11.4 Å². The van der Waals surface area contributed by atoms with Crippen LogP contribution in [-0.2, 0) is 10.4 Å². The number of anilines is 1. The second-order valence-corrected chi connectivity index (χ2v) is 9.93. The molecule has 1 amide bonds. The van der Waals surface area contributed by atoms with E-state index in [2.05, 4.69) is 0 Å². The Morgan fingerprint density at radius 2 is 1.72 bits per heavy atom. The van der Waals surface area contributed by atoms with E-state index in [1.54, 1.807) is 0 Å². The Morgan fingerprint density at radius 1 is 1.09 bits per heavy atom. The van der Waals surface area contributed by atoms with Crippen molar-refractivity contribution in [2.24, 2.45) is 5.92 Å². The standard InChI is InChI=1S/C22H27F6NO2S/c1-2-16-13-29(19(30)11-8-14-6-4-3-5-7-14)17-10-9-15(12-18(17)32-16)20(31,21(23,24)25)22(26,27)28/h9-10,12,14,16,31H,2-8,11,13H2,1H3. The number of carbonyl (C=O) groups is 1. The molecule has 3 nitrogen and oxygen atoms in total. The summed E-state index contributed by atoms with van der Waals surface area (Å²) in [4.78, 5) is 14.6. The molecule has 2 aliphatic rings. The summed E-state index contributed by atoms with van der Waals surface area (Å²) < 4.78 is 79.8. The lowest BCUT2D eigenvalue weighted by atomic mass is 9.86. The fourth-order valence-electron chi connectivity index (χ4n) is 4.45. The molecule has 1 fully saturated rings. The zero-order valence-corrected chi connectivity index (χ0v) is 18.5. The normalized spacial score (nSPS) is 20.9. The van der Waals surface area contributed by atoms with E-state index in [4.69, 9.17) is 0 Å². The van der Waals surface area contributed by atoms with Crippen molar-refractivity contribution in [3.8, 4) is 0 Å². The molecule has 0 saturated heterocycles. The third kappa shape index (κ3) is 4.90. The lowest BCUT2D eigenvalue weighted by Crippen LogP contribution is -2.54. The molecule has 1 aliphatic heterocycles. The van der Waals surface area contributed by atoms with Crippen molar-refractivity contribution in [1.29, 1.82) is 0 Å². The topological polar surface area (TPSA) is 40.5 Å². The van der Waals surface area contributed by atoms with E-state index in [0.29, 0.717) is 37.1 Å². The van der Waals surface area contributed by atoms with Crippen molar-refractivity contribution >= 4 is 23.4 Å². The molecule has 1 aliphatic carbocycles. The molecule has 0 spiro atoms. The molecule has 1 atom stereocenters. The number of rotatable bonds is 5. The van der Waals surface area contributed by atoms with Gasteiger partial charge in [0.15, 0.2) is 0 Å². The second-order valence-electron chi connectivity index (χ2n) is 8.58. The van der Waals surface area contributed by atoms with Gasteiger partial charge in [0, 0.05) is 28.7 Å². The van der Waals surface area contributed by atoms with Gasteiger partial charge in [-0.2, -0.15) is 26.3 Å². The zero-order chi connectivity index (χ0) is 23.7. The van der Waals surface area contributed by atoms with Gasteiger partial charge in [0.25, 0.3) is 5.60 Å². The Bertz CT molecular complexity index is 806. The molecule has 0 aromatic heterocycles. The molecule has 10 heteroatoms. The maximum absolute atomic E-state index is 13.3. The average Bonchev–Trinajstić information content (AvgIpc) is 2.74. The minimum absolute atomic E-state index is 0.138. The summed E-state index contributed by atoms with van der Waals surface area (Å²) in [5.74, 6) is 0.300. The molecule has 1 unspecified atom stereocenters. The molecule has 0 radical (unpaired) electrons. The predicted molar refractivity (Wildman–Crippen MR) is 111 cm³/mol. The van der Waals surface area contributed by atoms with Crippen molar-refractivity contribution in [1.82, 2.24) is 0 Å². The van der Waals surface area contributed by atoms with Crippen LogP contribution in [0.1, 0.15) is 63.9 Å². The number of amides is 1. The summed E-state index contributed by atoms with van der Waals surface area (Å²) in [7, 11) is 0. The van der Waals surface area contributed by atoms with Gasteiger partial charge in [0.2, 0.25) is 5.91 Å². The van der Waals surface area contributed by atoms with E-state index in [1.807, 2.05) is 6.92 Å². The molecule has 32 heavy (non-hydrogen) atoms. The van der Waals surface area contributed by atoms with Crippen LogP contribution in [0.2, 0.25) is 0 Å². The Kier molecular flexibility index (Phi) is 7.44. The highest BCUT2D eigenvalue weighted by atomic mass is 32.2. The summed E-state index contributed by atoms with van der Waals surface area (Å²) in [6.07, 6.45) is -4.64. The van der Waals surface area contributed by atoms with Crippen LogP contribution in [0.4, 0.5) is 32.0 Å². The van der Waals surface area contributed by atoms with Crippen LogP contribution in [0.15, 0.2) is 23.1 Å². The van der Waals surface area contributed by atoms with Crippen LogP contribution in [0.3, 0.4) is 0 Å². The summed E-state index contributed by atoms with van der Waals surface area (Å²) in [5.41, 5.74) is -5.98. The van der Waals surface area contributed by atoms with Crippen LogP contribution in [-0.4, -0.2) is 35.2 Å². The van der Waals surface area contributed by atoms with E-state index in [9.17, 15) is 36.2 Å². The number of hydrogen-bond donors (Lipinski definition) is 1. The average molecular weight is 484 g/mol. The fourth-order valence-corrected chi connectivity index (χ4v) is 5.69. The number of nitrogens with zero attached hydrogens (tertiary/aromatic N) is 1. The molecule has 1 N–H and O–H groups in total. The van der Waals surface area contributed by atoms with E-state index >= 15 is 0 Å². The van der Waals surface area contributed by atoms with Crippen LogP contribution >= 0.6 is 11.8 Å². The van der Waals surface area contributed by atoms with Gasteiger partial charge in [-0.1, -0.05) is 45.1 Å². The SMILES string of the molecule is CCC1CN(C(=O)CCC2CCCCC2)c2ccc(C(O)(C(F)(F)F)C(F)(F)F)cc2S1. The first-order chi connectivity index (χ1) is 14.9. The molecular formula is C22H27F6NO2S. The molecule has 180 valence electrons. The lowest BCUT2D eigenvalue weighted by Gasteiger charge is -2.37. The van der Waals surface area contributed by atoms with Crippen molar-refractivity contribution < 1.29 is 36.2 Å². The number of fused-ring (bicyclic) bond motifs is 1. The Balaban J connectivity index is 1.90. The highest BCUT2D eigenvalue weighted by Gasteiger charge is 2.71. The lowest BCUT2D eigenvalue weighted by molar-refractivity contribution is -0.376. The first-order valence-electron chi connectivity index (χ1n) is 10.9. The maximum atomic E-state index is 13.3. The Hall–Kier alpha value is -1.42. The van der Waals surface area contributed by atoms with E-state index in [0.717, 1.165) is 56.0 Å². The monoisotopic (exact) mass is 483 g/mol.